The summed E-state index contributed by atoms with van der Waals surface area (Å²) in [6, 6.07) is 21.3. The minimum Gasteiger partial charge on any atom is -0.444 e. The average Bonchev–Trinajstić information content (AvgIpc) is 1.56. The normalized spacial score (nSPS) is 22.3. The molecule has 2 saturated heterocycles. The fourth-order valence-corrected chi connectivity index (χ4v) is 13.3. The SMILES string of the molecule is C[C@@H]1COCCN1C[C@H]1CN(C(=O)OC(C)(C)C)[C@H](C)CN1CC(=O)N1C[C@](C)(C(=O)NCC(=O)Nc2ccc3c(c2)CN(C(=O)[C@@H](NC(=O)[C@H](C)N(C)C(=O)OC(C)(C)C)C(C)(C)C)[C@H](C(=O)N[C@@H]2CCCc4ccccc42)C3)c2ccc(Cc3ccc(F)cc3)cc21. The molecule has 0 saturated carbocycles. The van der Waals surface area contributed by atoms with Crippen molar-refractivity contribution in [2.75, 3.05) is 76.3 Å². The second-order valence-electron chi connectivity index (χ2n) is 29.6. The van der Waals surface area contributed by atoms with E-state index in [0.29, 0.717) is 74.7 Å². The first-order valence-electron chi connectivity index (χ1n) is 33.0. The molecule has 21 nitrogen and oxygen atoms in total. The van der Waals surface area contributed by atoms with Crippen molar-refractivity contribution in [3.05, 3.63) is 130 Å². The van der Waals surface area contributed by atoms with Gasteiger partial charge >= 0.3 is 12.2 Å². The van der Waals surface area contributed by atoms with Crippen LogP contribution in [-0.2, 0) is 74.2 Å². The number of hydrogen-bond acceptors (Lipinski definition) is 13. The van der Waals surface area contributed by atoms with Gasteiger partial charge in [-0.2, -0.15) is 0 Å². The van der Waals surface area contributed by atoms with Crippen molar-refractivity contribution in [3.63, 3.8) is 0 Å². The van der Waals surface area contributed by atoms with Crippen LogP contribution >= 0.6 is 0 Å². The molecule has 9 rings (SSSR count). The van der Waals surface area contributed by atoms with E-state index < -0.39 is 82.5 Å². The minimum atomic E-state index is -1.33. The Morgan fingerprint density at radius 2 is 1.50 bits per heavy atom. The van der Waals surface area contributed by atoms with Gasteiger partial charge in [0.1, 0.15) is 35.1 Å². The van der Waals surface area contributed by atoms with E-state index in [0.717, 1.165) is 40.7 Å². The van der Waals surface area contributed by atoms with Crippen LogP contribution in [0.1, 0.15) is 148 Å². The summed E-state index contributed by atoms with van der Waals surface area (Å²) in [6.45, 7) is 26.0. The molecule has 508 valence electrons. The van der Waals surface area contributed by atoms with Gasteiger partial charge < -0.3 is 50.2 Å². The first-order valence-corrected chi connectivity index (χ1v) is 33.0. The van der Waals surface area contributed by atoms with E-state index in [9.17, 15) is 33.2 Å². The molecule has 4 aromatic rings. The smallest absolute Gasteiger partial charge is 0.410 e. The number of aryl methyl sites for hydroxylation is 1. The van der Waals surface area contributed by atoms with Crippen LogP contribution in [-0.4, -0.2) is 186 Å². The van der Waals surface area contributed by atoms with Gasteiger partial charge in [-0.3, -0.25) is 43.5 Å². The van der Waals surface area contributed by atoms with Gasteiger partial charge in [-0.25, -0.2) is 14.0 Å². The van der Waals surface area contributed by atoms with Crippen LogP contribution in [0.3, 0.4) is 0 Å². The third-order valence-corrected chi connectivity index (χ3v) is 18.8. The van der Waals surface area contributed by atoms with Crippen LogP contribution in [0.5, 0.6) is 0 Å². The molecule has 0 aromatic heterocycles. The standard InChI is InChI=1S/C72H97FN10O11/c1-44-37-80(54(39-79-30-31-92-42-45(79)2)40-81(44)68(91)94-71(10,11)12)41-61(85)83-43-72(13,56-29-24-48(33-58(56)83)32-47-22-26-52(73)27-23-47)66(89)74-36-60(84)75-53-28-25-50-35-59(64(87)76-57-21-17-19-49-18-15-16-20-55(49)57)82(38-51(50)34-53)65(88)62(69(4,5)6)77-63(86)46(3)78(14)67(90)93-70(7,8)9/h15-16,18,20,22-29,33-34,44-46,54,57,59,62H,17,19,21,30-32,35-43H2,1-14H3,(H,74,89)(H,75,84)(H,76,87)(H,77,86)/t44-,45-,46+,54+,57-,59+,62-,72+/m1/s1. The van der Waals surface area contributed by atoms with E-state index in [1.807, 2.05) is 90.9 Å². The topological polar surface area (TPSA) is 232 Å². The maximum Gasteiger partial charge on any atom is 0.410 e. The zero-order valence-electron chi connectivity index (χ0n) is 57.3. The summed E-state index contributed by atoms with van der Waals surface area (Å²) < 4.78 is 31.2. The number of likely N-dealkylation sites (N-methyl/N-ethyl adjacent to an activating group) is 1. The minimum absolute atomic E-state index is 0.0180. The number of nitrogens with zero attached hydrogens (tertiary/aromatic N) is 6. The zero-order chi connectivity index (χ0) is 68.4. The van der Waals surface area contributed by atoms with Crippen LogP contribution in [0.25, 0.3) is 0 Å². The maximum absolute atomic E-state index is 15.3. The van der Waals surface area contributed by atoms with Crippen LogP contribution in [0.2, 0.25) is 0 Å². The lowest BCUT2D eigenvalue weighted by Gasteiger charge is -2.47. The number of benzene rings is 4. The molecule has 0 spiro atoms. The lowest BCUT2D eigenvalue weighted by molar-refractivity contribution is -0.147. The number of rotatable bonds is 16. The predicted molar refractivity (Wildman–Crippen MR) is 356 cm³/mol. The molecule has 4 aliphatic heterocycles. The second kappa shape index (κ2) is 28.6. The number of morpholine rings is 1. The summed E-state index contributed by atoms with van der Waals surface area (Å²) in [4.78, 5) is 126. The third-order valence-electron chi connectivity index (χ3n) is 18.8. The zero-order valence-corrected chi connectivity index (χ0v) is 57.3. The molecule has 0 bridgehead atoms. The first kappa shape index (κ1) is 70.4. The predicted octanol–water partition coefficient (Wildman–Crippen LogP) is 8.04. The molecule has 0 unspecified atom stereocenters. The van der Waals surface area contributed by atoms with E-state index in [-0.39, 0.29) is 67.9 Å². The number of anilines is 2. The van der Waals surface area contributed by atoms with E-state index in [2.05, 4.69) is 44.1 Å². The summed E-state index contributed by atoms with van der Waals surface area (Å²) in [5.74, 6) is -3.11. The van der Waals surface area contributed by atoms with Crippen LogP contribution in [0, 0.1) is 11.2 Å². The second-order valence-corrected chi connectivity index (χ2v) is 29.6. The van der Waals surface area contributed by atoms with Crippen LogP contribution in [0.4, 0.5) is 25.4 Å². The van der Waals surface area contributed by atoms with E-state index in [1.54, 1.807) is 68.7 Å². The molecule has 2 fully saturated rings. The van der Waals surface area contributed by atoms with Gasteiger partial charge in [-0.05, 0) is 170 Å². The molecular formula is C72H97FN10O11. The number of amides is 8. The number of carbonyl (C=O) groups is 8. The fourth-order valence-electron chi connectivity index (χ4n) is 13.3. The number of carbonyl (C=O) groups excluding carboxylic acids is 8. The van der Waals surface area contributed by atoms with Gasteiger partial charge in [-0.15, -0.1) is 0 Å². The Kier molecular flexibility index (Phi) is 21.4. The van der Waals surface area contributed by atoms with E-state index in [1.165, 1.54) is 29.0 Å². The van der Waals surface area contributed by atoms with Crippen molar-refractivity contribution >= 4 is 59.0 Å². The molecule has 1 aliphatic carbocycles. The highest BCUT2D eigenvalue weighted by molar-refractivity contribution is 6.04. The Labute approximate surface area is 553 Å². The molecule has 0 radical (unpaired) electrons. The third kappa shape index (κ3) is 16.7. The molecule has 8 amide bonds. The Morgan fingerprint density at radius 1 is 0.798 bits per heavy atom. The summed E-state index contributed by atoms with van der Waals surface area (Å²) in [5.41, 5.74) is 3.07. The largest absolute Gasteiger partial charge is 0.444 e. The van der Waals surface area contributed by atoms with Gasteiger partial charge in [-0.1, -0.05) is 75.4 Å². The average molecular weight is 1300 g/mol. The summed E-state index contributed by atoms with van der Waals surface area (Å²) in [5, 5.41) is 12.0. The van der Waals surface area contributed by atoms with Crippen LogP contribution in [0.15, 0.2) is 84.9 Å². The van der Waals surface area contributed by atoms with Gasteiger partial charge in [0.25, 0.3) is 0 Å². The van der Waals surface area contributed by atoms with E-state index in [4.69, 9.17) is 14.2 Å². The number of hydrogen-bond donors (Lipinski definition) is 4. The van der Waals surface area contributed by atoms with Gasteiger partial charge in [0.15, 0.2) is 0 Å². The van der Waals surface area contributed by atoms with Crippen molar-refractivity contribution in [1.29, 1.82) is 0 Å². The Balaban J connectivity index is 0.933. The van der Waals surface area contributed by atoms with Crippen molar-refractivity contribution < 1.29 is 57.0 Å². The molecule has 4 aromatic carbocycles. The number of ether oxygens (including phenoxy) is 3. The summed E-state index contributed by atoms with van der Waals surface area (Å²) >= 11 is 0. The van der Waals surface area contributed by atoms with Crippen LogP contribution < -0.4 is 26.2 Å². The highest BCUT2D eigenvalue weighted by Crippen LogP contribution is 2.43. The van der Waals surface area contributed by atoms with Gasteiger partial charge in [0.05, 0.1) is 37.8 Å². The van der Waals surface area contributed by atoms with Crippen molar-refractivity contribution in [1.82, 2.24) is 40.4 Å². The highest BCUT2D eigenvalue weighted by Gasteiger charge is 2.49. The van der Waals surface area contributed by atoms with E-state index >= 15 is 9.59 Å². The number of nitrogens with one attached hydrogen (secondary N) is 4. The van der Waals surface area contributed by atoms with Crippen molar-refractivity contribution in [2.45, 2.75) is 188 Å². The fraction of sp³-hybridized carbons (Fsp3) is 0.556. The molecule has 5 aliphatic rings. The number of halogens is 1. The molecule has 94 heavy (non-hydrogen) atoms. The maximum atomic E-state index is 15.3. The summed E-state index contributed by atoms with van der Waals surface area (Å²) in [7, 11) is 1.45. The number of fused-ring (bicyclic) bond motifs is 3. The molecule has 4 heterocycles. The van der Waals surface area contributed by atoms with Crippen molar-refractivity contribution in [3.8, 4) is 0 Å². The Hall–Kier alpha value is -7.95. The number of piperazine rings is 1. The molecule has 8 atom stereocenters. The molecule has 4 N–H and O–H groups in total. The van der Waals surface area contributed by atoms with Crippen molar-refractivity contribution in [2.24, 2.45) is 5.41 Å². The molecular weight excluding hydrogens is 1200 g/mol. The lowest BCUT2D eigenvalue weighted by Crippen LogP contribution is -2.64. The molecule has 22 heteroatoms. The van der Waals surface area contributed by atoms with Gasteiger partial charge in [0.2, 0.25) is 35.4 Å². The highest BCUT2D eigenvalue weighted by atomic mass is 19.1. The monoisotopic (exact) mass is 1300 g/mol. The Bertz CT molecular complexity index is 3490. The first-order chi connectivity index (χ1) is 44.2. The van der Waals surface area contributed by atoms with Gasteiger partial charge in [0, 0.05) is 82.2 Å². The quantitative estimate of drug-likeness (QED) is 0.0833. The lowest BCUT2D eigenvalue weighted by atomic mass is 9.83. The summed E-state index contributed by atoms with van der Waals surface area (Å²) in [6.07, 6.45) is 1.90. The Morgan fingerprint density at radius 3 is 2.19 bits per heavy atom.